The van der Waals surface area contributed by atoms with Crippen molar-refractivity contribution in [1.29, 1.82) is 0 Å². The molecule has 1 aromatic rings. The van der Waals surface area contributed by atoms with Gasteiger partial charge in [-0.3, -0.25) is 24.3 Å². The van der Waals surface area contributed by atoms with Crippen molar-refractivity contribution in [1.82, 2.24) is 10.2 Å². The van der Waals surface area contributed by atoms with Gasteiger partial charge in [0.25, 0.3) is 5.91 Å². The number of benzene rings is 1. The number of piperidine rings is 1. The van der Waals surface area contributed by atoms with Crippen molar-refractivity contribution in [2.75, 3.05) is 50.0 Å². The van der Waals surface area contributed by atoms with Crippen LogP contribution >= 0.6 is 0 Å². The van der Waals surface area contributed by atoms with Crippen LogP contribution in [0.25, 0.3) is 0 Å². The smallest absolute Gasteiger partial charge is 0.253 e. The average Bonchev–Trinajstić information content (AvgIpc) is 3.32. The molecule has 178 valence electrons. The minimum Gasteiger partial charge on any atom is -0.379 e. The van der Waals surface area contributed by atoms with E-state index in [1.54, 1.807) is 6.07 Å². The normalized spacial score (nSPS) is 23.7. The van der Waals surface area contributed by atoms with Crippen LogP contribution in [0.1, 0.15) is 38.2 Å². The summed E-state index contributed by atoms with van der Waals surface area (Å²) in [6, 6.07) is 5.46. The van der Waals surface area contributed by atoms with E-state index in [1.165, 1.54) is 6.92 Å². The lowest BCUT2D eigenvalue weighted by Gasteiger charge is -2.28. The van der Waals surface area contributed by atoms with Gasteiger partial charge in [0, 0.05) is 50.9 Å². The SMILES string of the molecule is CC(=O)Nc1ccc2c(c1)C(C(CCN1CCOCC1)=C1N=C3CCNC(=O)C3=C1C)C(=O)N2. The van der Waals surface area contributed by atoms with Crippen molar-refractivity contribution in [3.63, 3.8) is 0 Å². The maximum absolute atomic E-state index is 13.3. The van der Waals surface area contributed by atoms with E-state index in [4.69, 9.17) is 9.73 Å². The summed E-state index contributed by atoms with van der Waals surface area (Å²) in [6.07, 6.45) is 1.32. The maximum Gasteiger partial charge on any atom is 0.253 e. The average molecular weight is 464 g/mol. The molecule has 0 aromatic heterocycles. The molecular formula is C25H29N5O4. The van der Waals surface area contributed by atoms with E-state index in [1.807, 2.05) is 19.1 Å². The van der Waals surface area contributed by atoms with Gasteiger partial charge in [-0.25, -0.2) is 0 Å². The molecule has 0 bridgehead atoms. The second kappa shape index (κ2) is 9.15. The first-order valence-electron chi connectivity index (χ1n) is 11.8. The fourth-order valence-electron chi connectivity index (χ4n) is 5.18. The lowest BCUT2D eigenvalue weighted by molar-refractivity contribution is -0.117. The molecule has 4 heterocycles. The van der Waals surface area contributed by atoms with Crippen LogP contribution in [-0.4, -0.2) is 67.7 Å². The van der Waals surface area contributed by atoms with Crippen LogP contribution in [-0.2, 0) is 19.1 Å². The Morgan fingerprint density at radius 3 is 2.79 bits per heavy atom. The number of ether oxygens (including phenoxy) is 1. The number of allylic oxidation sites excluding steroid dienone is 1. The van der Waals surface area contributed by atoms with Crippen LogP contribution in [0.4, 0.5) is 11.4 Å². The quantitative estimate of drug-likeness (QED) is 0.618. The Labute approximate surface area is 198 Å². The molecule has 4 aliphatic rings. The van der Waals surface area contributed by atoms with Gasteiger partial charge in [-0.05, 0) is 48.3 Å². The highest BCUT2D eigenvalue weighted by atomic mass is 16.5. The summed E-state index contributed by atoms with van der Waals surface area (Å²) in [5.74, 6) is -0.925. The van der Waals surface area contributed by atoms with Crippen LogP contribution in [0.2, 0.25) is 0 Å². The standard InChI is InChI=1S/C25H29N5O4/c1-14-21-20(5-7-26-24(21)32)28-23(14)17(6-8-30-9-11-34-12-10-30)22-18-13-16(27-15(2)31)3-4-19(18)29-25(22)33/h3-4,13,22H,5-12H2,1-2H3,(H,26,32)(H,27,31)(H,29,33). The van der Waals surface area contributed by atoms with E-state index in [0.717, 1.165) is 53.4 Å². The maximum atomic E-state index is 13.3. The zero-order valence-electron chi connectivity index (χ0n) is 19.5. The molecule has 4 aliphatic heterocycles. The third-order valence-electron chi connectivity index (χ3n) is 6.80. The minimum absolute atomic E-state index is 0.103. The number of carbonyl (C=O) groups is 3. The second-order valence-electron chi connectivity index (χ2n) is 9.05. The predicted octanol–water partition coefficient (Wildman–Crippen LogP) is 1.95. The third-order valence-corrected chi connectivity index (χ3v) is 6.80. The van der Waals surface area contributed by atoms with E-state index in [0.29, 0.717) is 43.9 Å². The Kier molecular flexibility index (Phi) is 6.05. The number of anilines is 2. The van der Waals surface area contributed by atoms with Gasteiger partial charge >= 0.3 is 0 Å². The lowest BCUT2D eigenvalue weighted by Crippen LogP contribution is -2.37. The van der Waals surface area contributed by atoms with Crippen LogP contribution in [0.5, 0.6) is 0 Å². The van der Waals surface area contributed by atoms with Crippen LogP contribution in [0.3, 0.4) is 0 Å². The van der Waals surface area contributed by atoms with Gasteiger partial charge in [0.1, 0.15) is 0 Å². The summed E-state index contributed by atoms with van der Waals surface area (Å²) in [7, 11) is 0. The summed E-state index contributed by atoms with van der Waals surface area (Å²) >= 11 is 0. The zero-order valence-corrected chi connectivity index (χ0v) is 19.5. The fourth-order valence-corrected chi connectivity index (χ4v) is 5.18. The van der Waals surface area contributed by atoms with Crippen molar-refractivity contribution in [2.45, 2.75) is 32.6 Å². The van der Waals surface area contributed by atoms with Crippen LogP contribution < -0.4 is 16.0 Å². The minimum atomic E-state index is -0.539. The van der Waals surface area contributed by atoms with Crippen molar-refractivity contribution in [2.24, 2.45) is 4.99 Å². The molecule has 9 heteroatoms. The largest absolute Gasteiger partial charge is 0.379 e. The first-order valence-corrected chi connectivity index (χ1v) is 11.8. The summed E-state index contributed by atoms with van der Waals surface area (Å²) in [6.45, 7) is 7.81. The van der Waals surface area contributed by atoms with Gasteiger partial charge in [-0.2, -0.15) is 0 Å². The molecule has 9 nitrogen and oxygen atoms in total. The van der Waals surface area contributed by atoms with Gasteiger partial charge < -0.3 is 20.7 Å². The molecule has 1 aromatic carbocycles. The van der Waals surface area contributed by atoms with Gasteiger partial charge in [-0.15, -0.1) is 0 Å². The Balaban J connectivity index is 1.58. The highest BCUT2D eigenvalue weighted by Gasteiger charge is 2.38. The first kappa shape index (κ1) is 22.5. The van der Waals surface area contributed by atoms with E-state index in [2.05, 4.69) is 20.9 Å². The summed E-state index contributed by atoms with van der Waals surface area (Å²) in [5, 5.41) is 8.71. The molecule has 2 fully saturated rings. The Bertz CT molecular complexity index is 1160. The van der Waals surface area contributed by atoms with Crippen molar-refractivity contribution >= 4 is 34.8 Å². The summed E-state index contributed by atoms with van der Waals surface area (Å²) in [5.41, 5.74) is 6.10. The topological polar surface area (TPSA) is 112 Å². The summed E-state index contributed by atoms with van der Waals surface area (Å²) in [4.78, 5) is 44.7. The van der Waals surface area contributed by atoms with Crippen molar-refractivity contribution < 1.29 is 19.1 Å². The zero-order chi connectivity index (χ0) is 23.8. The van der Waals surface area contributed by atoms with E-state index < -0.39 is 5.92 Å². The molecule has 34 heavy (non-hydrogen) atoms. The Morgan fingerprint density at radius 1 is 1.26 bits per heavy atom. The van der Waals surface area contributed by atoms with E-state index in [9.17, 15) is 14.4 Å². The number of aliphatic imine (C=N–C) groups is 1. The number of carbonyl (C=O) groups excluding carboxylic acids is 3. The third kappa shape index (κ3) is 4.17. The molecule has 0 aliphatic carbocycles. The van der Waals surface area contributed by atoms with Gasteiger partial charge in [0.05, 0.1) is 36.1 Å². The lowest BCUT2D eigenvalue weighted by atomic mass is 9.86. The Hall–Kier alpha value is -3.30. The van der Waals surface area contributed by atoms with Crippen LogP contribution in [0, 0.1) is 0 Å². The number of nitrogens with one attached hydrogen (secondary N) is 3. The fraction of sp³-hybridized carbons (Fsp3) is 0.440. The van der Waals surface area contributed by atoms with Crippen molar-refractivity contribution in [3.8, 4) is 0 Å². The first-order chi connectivity index (χ1) is 16.4. The number of fused-ring (bicyclic) bond motifs is 2. The number of hydrogen-bond donors (Lipinski definition) is 3. The predicted molar refractivity (Wildman–Crippen MR) is 129 cm³/mol. The molecule has 2 saturated heterocycles. The second-order valence-corrected chi connectivity index (χ2v) is 9.05. The van der Waals surface area contributed by atoms with Gasteiger partial charge in [0.2, 0.25) is 11.8 Å². The van der Waals surface area contributed by atoms with Gasteiger partial charge in [0.15, 0.2) is 0 Å². The molecule has 0 radical (unpaired) electrons. The summed E-state index contributed by atoms with van der Waals surface area (Å²) < 4.78 is 5.48. The molecule has 3 amide bonds. The molecule has 1 atom stereocenters. The number of amides is 3. The number of morpholine rings is 1. The highest BCUT2D eigenvalue weighted by Crippen LogP contribution is 2.44. The molecule has 0 spiro atoms. The van der Waals surface area contributed by atoms with Crippen molar-refractivity contribution in [3.05, 3.63) is 46.2 Å². The number of rotatable bonds is 5. The van der Waals surface area contributed by atoms with Gasteiger partial charge in [-0.1, -0.05) is 0 Å². The number of nitrogens with zero attached hydrogens (tertiary/aromatic N) is 2. The molecule has 0 saturated carbocycles. The monoisotopic (exact) mass is 463 g/mol. The molecular weight excluding hydrogens is 434 g/mol. The van der Waals surface area contributed by atoms with E-state index in [-0.39, 0.29) is 17.7 Å². The van der Waals surface area contributed by atoms with E-state index >= 15 is 0 Å². The molecule has 3 N–H and O–H groups in total. The number of hydrogen-bond acceptors (Lipinski definition) is 6. The van der Waals surface area contributed by atoms with Crippen LogP contribution in [0.15, 0.2) is 45.6 Å². The Morgan fingerprint density at radius 2 is 2.06 bits per heavy atom. The molecule has 5 rings (SSSR count). The molecule has 1 unspecified atom stereocenters. The highest BCUT2D eigenvalue weighted by molar-refractivity contribution is 6.26.